The number of carbonyl (C=O) groups excluding carboxylic acids is 1. The fourth-order valence-corrected chi connectivity index (χ4v) is 2.21. The summed E-state index contributed by atoms with van der Waals surface area (Å²) in [6.45, 7) is 0.741. The molecule has 0 heterocycles. The predicted octanol–water partition coefficient (Wildman–Crippen LogP) is -0.383. The number of amides is 1. The zero-order valence-electron chi connectivity index (χ0n) is 9.85. The van der Waals surface area contributed by atoms with Crippen molar-refractivity contribution < 1.29 is 13.2 Å². The fraction of sp³-hybridized carbons (Fsp3) is 0.900. The molecule has 0 aliphatic heterocycles. The first-order valence-corrected chi connectivity index (χ1v) is 7.54. The Morgan fingerprint density at radius 3 is 2.50 bits per heavy atom. The van der Waals surface area contributed by atoms with E-state index >= 15 is 0 Å². The minimum absolute atomic E-state index is 0.0306. The Hall–Kier alpha value is -0.620. The summed E-state index contributed by atoms with van der Waals surface area (Å²) in [5.41, 5.74) is 5.67. The molecule has 1 unspecified atom stereocenters. The molecule has 1 atom stereocenters. The summed E-state index contributed by atoms with van der Waals surface area (Å²) in [6, 6.07) is -0.696. The number of hydrogen-bond acceptors (Lipinski definition) is 4. The number of nitrogens with zero attached hydrogens (tertiary/aromatic N) is 1. The maximum Gasteiger partial charge on any atom is 0.239 e. The lowest BCUT2D eigenvalue weighted by Gasteiger charge is -2.20. The second-order valence-electron chi connectivity index (χ2n) is 4.69. The van der Waals surface area contributed by atoms with E-state index in [2.05, 4.69) is 0 Å². The van der Waals surface area contributed by atoms with E-state index in [1.165, 1.54) is 12.8 Å². The van der Waals surface area contributed by atoms with Crippen molar-refractivity contribution >= 4 is 15.7 Å². The predicted molar refractivity (Wildman–Crippen MR) is 62.7 cm³/mol. The number of carbonyl (C=O) groups is 1. The van der Waals surface area contributed by atoms with Gasteiger partial charge in [-0.3, -0.25) is 4.79 Å². The van der Waals surface area contributed by atoms with Crippen LogP contribution in [0.4, 0.5) is 0 Å². The molecular formula is C10H20N2O3S. The van der Waals surface area contributed by atoms with Crippen LogP contribution in [0, 0.1) is 5.92 Å². The first-order chi connectivity index (χ1) is 7.29. The van der Waals surface area contributed by atoms with Gasteiger partial charge in [0, 0.05) is 19.8 Å². The average Bonchev–Trinajstić information content (AvgIpc) is 2.95. The van der Waals surface area contributed by atoms with Gasteiger partial charge >= 0.3 is 0 Å². The second-order valence-corrected chi connectivity index (χ2v) is 6.95. The Kier molecular flexibility index (Phi) is 4.32. The number of sulfone groups is 1. The Labute approximate surface area is 96.9 Å². The van der Waals surface area contributed by atoms with Gasteiger partial charge in [0.2, 0.25) is 5.91 Å². The molecule has 1 amide bonds. The van der Waals surface area contributed by atoms with Gasteiger partial charge in [0.05, 0.1) is 11.8 Å². The van der Waals surface area contributed by atoms with E-state index in [1.54, 1.807) is 11.9 Å². The van der Waals surface area contributed by atoms with Gasteiger partial charge in [-0.15, -0.1) is 0 Å². The molecule has 94 valence electrons. The lowest BCUT2D eigenvalue weighted by molar-refractivity contribution is -0.131. The third kappa shape index (κ3) is 4.94. The van der Waals surface area contributed by atoms with Gasteiger partial charge in [0.15, 0.2) is 0 Å². The van der Waals surface area contributed by atoms with Gasteiger partial charge in [-0.2, -0.15) is 0 Å². The van der Waals surface area contributed by atoms with Crippen molar-refractivity contribution in [2.45, 2.75) is 25.3 Å². The summed E-state index contributed by atoms with van der Waals surface area (Å²) < 4.78 is 21.9. The molecule has 0 aromatic carbocycles. The molecular weight excluding hydrogens is 228 g/mol. The highest BCUT2D eigenvalue weighted by molar-refractivity contribution is 7.90. The standard InChI is InChI=1S/C10H20N2O3S/c1-12(7-8-3-4-8)10(13)9(11)5-6-16(2,14)15/h8-9H,3-7,11H2,1-2H3. The van der Waals surface area contributed by atoms with Crippen molar-refractivity contribution in [1.82, 2.24) is 4.90 Å². The summed E-state index contributed by atoms with van der Waals surface area (Å²) in [5.74, 6) is 0.434. The largest absolute Gasteiger partial charge is 0.344 e. The summed E-state index contributed by atoms with van der Waals surface area (Å²) in [7, 11) is -1.32. The maximum atomic E-state index is 11.7. The van der Waals surface area contributed by atoms with E-state index in [4.69, 9.17) is 5.73 Å². The van der Waals surface area contributed by atoms with E-state index < -0.39 is 15.9 Å². The first kappa shape index (κ1) is 13.4. The summed E-state index contributed by atoms with van der Waals surface area (Å²) in [4.78, 5) is 13.3. The molecule has 2 N–H and O–H groups in total. The zero-order chi connectivity index (χ0) is 12.3. The number of nitrogens with two attached hydrogens (primary N) is 1. The molecule has 0 spiro atoms. The summed E-state index contributed by atoms with van der Waals surface area (Å²) in [6.07, 6.45) is 3.71. The molecule has 1 aliphatic rings. The summed E-state index contributed by atoms with van der Waals surface area (Å²) >= 11 is 0. The van der Waals surface area contributed by atoms with Crippen molar-refractivity contribution in [3.05, 3.63) is 0 Å². The van der Waals surface area contributed by atoms with Gasteiger partial charge in [0.1, 0.15) is 9.84 Å². The van der Waals surface area contributed by atoms with Crippen LogP contribution in [0.3, 0.4) is 0 Å². The molecule has 1 fully saturated rings. The third-order valence-corrected chi connectivity index (χ3v) is 3.70. The van der Waals surface area contributed by atoms with Crippen LogP contribution in [0.2, 0.25) is 0 Å². The zero-order valence-corrected chi connectivity index (χ0v) is 10.7. The van der Waals surface area contributed by atoms with Gasteiger partial charge in [-0.1, -0.05) is 0 Å². The van der Waals surface area contributed by atoms with Gasteiger partial charge in [-0.25, -0.2) is 8.42 Å². The van der Waals surface area contributed by atoms with Crippen LogP contribution < -0.4 is 5.73 Å². The third-order valence-electron chi connectivity index (χ3n) is 2.72. The van der Waals surface area contributed by atoms with Crippen LogP contribution in [0.5, 0.6) is 0 Å². The number of rotatable bonds is 6. The molecule has 1 rings (SSSR count). The quantitative estimate of drug-likeness (QED) is 0.694. The van der Waals surface area contributed by atoms with Gasteiger partial charge < -0.3 is 10.6 Å². The van der Waals surface area contributed by atoms with E-state index in [1.807, 2.05) is 0 Å². The molecule has 0 radical (unpaired) electrons. The lowest BCUT2D eigenvalue weighted by Crippen LogP contribution is -2.43. The van der Waals surface area contributed by atoms with Crippen molar-refractivity contribution in [3.63, 3.8) is 0 Å². The second kappa shape index (κ2) is 5.14. The molecule has 1 saturated carbocycles. The lowest BCUT2D eigenvalue weighted by atomic mass is 10.2. The monoisotopic (exact) mass is 248 g/mol. The molecule has 0 bridgehead atoms. The average molecular weight is 248 g/mol. The molecule has 16 heavy (non-hydrogen) atoms. The molecule has 5 nitrogen and oxygen atoms in total. The van der Waals surface area contributed by atoms with E-state index in [9.17, 15) is 13.2 Å². The van der Waals surface area contributed by atoms with Crippen LogP contribution in [0.25, 0.3) is 0 Å². The van der Waals surface area contributed by atoms with Crippen molar-refractivity contribution in [2.75, 3.05) is 25.6 Å². The Bertz CT molecular complexity index is 349. The molecule has 0 aromatic rings. The summed E-state index contributed by atoms with van der Waals surface area (Å²) in [5, 5.41) is 0. The highest BCUT2D eigenvalue weighted by Gasteiger charge is 2.27. The Morgan fingerprint density at radius 2 is 2.06 bits per heavy atom. The van der Waals surface area contributed by atoms with Crippen LogP contribution in [-0.4, -0.2) is 50.9 Å². The van der Waals surface area contributed by atoms with Crippen LogP contribution in [-0.2, 0) is 14.6 Å². The van der Waals surface area contributed by atoms with Crippen LogP contribution in [0.1, 0.15) is 19.3 Å². The normalized spacial score (nSPS) is 18.2. The molecule has 1 aliphatic carbocycles. The smallest absolute Gasteiger partial charge is 0.239 e. The molecule has 6 heteroatoms. The minimum atomic E-state index is -3.04. The molecule has 0 saturated heterocycles. The molecule has 0 aromatic heterocycles. The van der Waals surface area contributed by atoms with Crippen molar-refractivity contribution in [1.29, 1.82) is 0 Å². The highest BCUT2D eigenvalue weighted by Crippen LogP contribution is 2.29. The first-order valence-electron chi connectivity index (χ1n) is 5.48. The van der Waals surface area contributed by atoms with Gasteiger partial charge in [0.25, 0.3) is 0 Å². The van der Waals surface area contributed by atoms with Gasteiger partial charge in [-0.05, 0) is 25.2 Å². The van der Waals surface area contributed by atoms with E-state index in [0.717, 1.165) is 12.8 Å². The van der Waals surface area contributed by atoms with E-state index in [-0.39, 0.29) is 18.1 Å². The minimum Gasteiger partial charge on any atom is -0.344 e. The van der Waals surface area contributed by atoms with Crippen molar-refractivity contribution in [2.24, 2.45) is 11.7 Å². The Balaban J connectivity index is 2.33. The maximum absolute atomic E-state index is 11.7. The van der Waals surface area contributed by atoms with Crippen molar-refractivity contribution in [3.8, 4) is 0 Å². The Morgan fingerprint density at radius 1 is 1.50 bits per heavy atom. The number of likely N-dealkylation sites (N-methyl/N-ethyl adjacent to an activating group) is 1. The van der Waals surface area contributed by atoms with Crippen LogP contribution >= 0.6 is 0 Å². The number of hydrogen-bond donors (Lipinski definition) is 1. The van der Waals surface area contributed by atoms with Crippen LogP contribution in [0.15, 0.2) is 0 Å². The highest BCUT2D eigenvalue weighted by atomic mass is 32.2. The van der Waals surface area contributed by atoms with E-state index in [0.29, 0.717) is 5.92 Å². The SMILES string of the molecule is CN(CC1CC1)C(=O)C(N)CCS(C)(=O)=O. The fourth-order valence-electron chi connectivity index (χ4n) is 1.53. The topological polar surface area (TPSA) is 80.5 Å².